The maximum absolute atomic E-state index is 13.2. The standard InChI is InChI=1S/C26H20F3N3O3/c27-26(28,29)35-21-7-5-18(6-8-21)22-9-10-23(33)32-14-17-11-20(24(22)32)15-31(13-17)25(34)19-3-1-16(12-30)2-4-19/h1-10,17,20H,11,13-15H2/t17-,20-/m1/s1. The molecule has 0 N–H and O–H groups in total. The van der Waals surface area contributed by atoms with Crippen LogP contribution in [0.25, 0.3) is 11.1 Å². The van der Waals surface area contributed by atoms with Gasteiger partial charge in [-0.3, -0.25) is 9.59 Å². The quantitative estimate of drug-likeness (QED) is 0.553. The van der Waals surface area contributed by atoms with Crippen molar-refractivity contribution in [3.05, 3.63) is 87.8 Å². The first kappa shape index (κ1) is 22.7. The number of halogens is 3. The predicted molar refractivity (Wildman–Crippen MR) is 121 cm³/mol. The van der Waals surface area contributed by atoms with Crippen LogP contribution < -0.4 is 10.3 Å². The van der Waals surface area contributed by atoms with E-state index in [0.29, 0.717) is 36.3 Å². The van der Waals surface area contributed by atoms with Gasteiger partial charge in [0.25, 0.3) is 11.5 Å². The molecule has 0 radical (unpaired) electrons. The molecule has 5 rings (SSSR count). The molecule has 2 atom stereocenters. The third-order valence-electron chi connectivity index (χ3n) is 6.54. The summed E-state index contributed by atoms with van der Waals surface area (Å²) in [6.45, 7) is 1.40. The van der Waals surface area contributed by atoms with Crippen molar-refractivity contribution >= 4 is 5.91 Å². The van der Waals surface area contributed by atoms with Crippen LogP contribution in [0.4, 0.5) is 13.2 Å². The minimum Gasteiger partial charge on any atom is -0.406 e. The van der Waals surface area contributed by atoms with E-state index in [0.717, 1.165) is 17.7 Å². The number of carbonyl (C=O) groups excluding carboxylic acids is 1. The van der Waals surface area contributed by atoms with E-state index in [4.69, 9.17) is 5.26 Å². The number of pyridine rings is 1. The molecule has 1 fully saturated rings. The van der Waals surface area contributed by atoms with E-state index in [2.05, 4.69) is 4.74 Å². The van der Waals surface area contributed by atoms with Crippen molar-refractivity contribution in [3.63, 3.8) is 0 Å². The van der Waals surface area contributed by atoms with Gasteiger partial charge < -0.3 is 14.2 Å². The SMILES string of the molecule is N#Cc1ccc(C(=O)N2C[C@H]3C[C@H](C2)c2c(-c4ccc(OC(F)(F)F)cc4)ccc(=O)n2C3)cc1. The molecule has 1 saturated heterocycles. The zero-order chi connectivity index (χ0) is 24.7. The Morgan fingerprint density at radius 2 is 1.69 bits per heavy atom. The Labute approximate surface area is 198 Å². The van der Waals surface area contributed by atoms with Crippen LogP contribution in [-0.4, -0.2) is 34.8 Å². The van der Waals surface area contributed by atoms with Gasteiger partial charge in [-0.05, 0) is 60.4 Å². The average Bonchev–Trinajstić information content (AvgIpc) is 2.84. The van der Waals surface area contributed by atoms with E-state index in [1.807, 2.05) is 6.07 Å². The van der Waals surface area contributed by atoms with Crippen molar-refractivity contribution in [3.8, 4) is 22.9 Å². The summed E-state index contributed by atoms with van der Waals surface area (Å²) < 4.78 is 43.3. The highest BCUT2D eigenvalue weighted by molar-refractivity contribution is 5.94. The van der Waals surface area contributed by atoms with Crippen molar-refractivity contribution in [2.45, 2.75) is 25.2 Å². The first-order chi connectivity index (χ1) is 16.7. The van der Waals surface area contributed by atoms with Crippen molar-refractivity contribution in [1.82, 2.24) is 9.47 Å². The molecular formula is C26H20F3N3O3. The third kappa shape index (κ3) is 4.52. The Bertz CT molecular complexity index is 1370. The summed E-state index contributed by atoms with van der Waals surface area (Å²) in [6, 6.07) is 17.3. The van der Waals surface area contributed by atoms with Gasteiger partial charge in [0.1, 0.15) is 5.75 Å². The number of amides is 1. The fraction of sp³-hybridized carbons (Fsp3) is 0.269. The minimum absolute atomic E-state index is 0.0974. The number of alkyl halides is 3. The summed E-state index contributed by atoms with van der Waals surface area (Å²) >= 11 is 0. The summed E-state index contributed by atoms with van der Waals surface area (Å²) in [4.78, 5) is 27.7. The number of fused-ring (bicyclic) bond motifs is 4. The van der Waals surface area contributed by atoms with Gasteiger partial charge in [-0.25, -0.2) is 0 Å². The lowest BCUT2D eigenvalue weighted by Crippen LogP contribution is -2.49. The summed E-state index contributed by atoms with van der Waals surface area (Å²) in [6.07, 6.45) is -3.97. The van der Waals surface area contributed by atoms with Gasteiger partial charge in [0, 0.05) is 48.4 Å². The van der Waals surface area contributed by atoms with Crippen molar-refractivity contribution in [2.75, 3.05) is 13.1 Å². The summed E-state index contributed by atoms with van der Waals surface area (Å²) in [5.74, 6) is -0.440. The van der Waals surface area contributed by atoms with Crippen molar-refractivity contribution in [1.29, 1.82) is 5.26 Å². The molecule has 2 bridgehead atoms. The molecule has 9 heteroatoms. The monoisotopic (exact) mass is 479 g/mol. The molecule has 3 heterocycles. The van der Waals surface area contributed by atoms with Crippen LogP contribution in [0.1, 0.15) is 34.0 Å². The number of nitrogens with zero attached hydrogens (tertiary/aromatic N) is 3. The number of benzene rings is 2. The molecule has 2 aromatic carbocycles. The summed E-state index contributed by atoms with van der Waals surface area (Å²) in [5, 5.41) is 8.99. The molecule has 3 aromatic rings. The van der Waals surface area contributed by atoms with Crippen LogP contribution in [0.5, 0.6) is 5.75 Å². The van der Waals surface area contributed by atoms with Gasteiger partial charge >= 0.3 is 6.36 Å². The van der Waals surface area contributed by atoms with Crippen LogP contribution in [-0.2, 0) is 6.54 Å². The van der Waals surface area contributed by atoms with Gasteiger partial charge in [-0.15, -0.1) is 13.2 Å². The van der Waals surface area contributed by atoms with E-state index in [-0.39, 0.29) is 29.1 Å². The van der Waals surface area contributed by atoms with Gasteiger partial charge in [0.15, 0.2) is 0 Å². The van der Waals surface area contributed by atoms with E-state index < -0.39 is 6.36 Å². The highest BCUT2D eigenvalue weighted by Gasteiger charge is 2.38. The van der Waals surface area contributed by atoms with Crippen LogP contribution in [0, 0.1) is 17.2 Å². The van der Waals surface area contributed by atoms with Gasteiger partial charge in [-0.2, -0.15) is 5.26 Å². The molecule has 0 aliphatic carbocycles. The Morgan fingerprint density at radius 3 is 2.34 bits per heavy atom. The Kier molecular flexibility index (Phi) is 5.59. The number of hydrogen-bond donors (Lipinski definition) is 0. The van der Waals surface area contributed by atoms with Crippen molar-refractivity contribution < 1.29 is 22.7 Å². The molecule has 178 valence electrons. The highest BCUT2D eigenvalue weighted by atomic mass is 19.4. The number of ether oxygens (including phenoxy) is 1. The maximum atomic E-state index is 13.2. The van der Waals surface area contributed by atoms with Crippen LogP contribution in [0.3, 0.4) is 0 Å². The third-order valence-corrected chi connectivity index (χ3v) is 6.54. The fourth-order valence-electron chi connectivity index (χ4n) is 5.13. The number of likely N-dealkylation sites (tertiary alicyclic amines) is 1. The van der Waals surface area contributed by atoms with Gasteiger partial charge in [-0.1, -0.05) is 12.1 Å². The topological polar surface area (TPSA) is 75.3 Å². The number of carbonyl (C=O) groups is 1. The van der Waals surface area contributed by atoms with E-state index in [9.17, 15) is 22.8 Å². The zero-order valence-electron chi connectivity index (χ0n) is 18.5. The Balaban J connectivity index is 1.46. The number of hydrogen-bond acceptors (Lipinski definition) is 4. The van der Waals surface area contributed by atoms with Crippen LogP contribution in [0.2, 0.25) is 0 Å². The first-order valence-corrected chi connectivity index (χ1v) is 11.1. The average molecular weight is 479 g/mol. The number of nitriles is 1. The molecule has 2 aliphatic heterocycles. The molecule has 6 nitrogen and oxygen atoms in total. The first-order valence-electron chi connectivity index (χ1n) is 11.1. The van der Waals surface area contributed by atoms with Gasteiger partial charge in [0.2, 0.25) is 0 Å². The van der Waals surface area contributed by atoms with Gasteiger partial charge in [0.05, 0.1) is 11.6 Å². The fourth-order valence-corrected chi connectivity index (χ4v) is 5.13. The second-order valence-electron chi connectivity index (χ2n) is 8.85. The van der Waals surface area contributed by atoms with E-state index in [1.165, 1.54) is 30.3 Å². The zero-order valence-corrected chi connectivity index (χ0v) is 18.5. The molecule has 1 aromatic heterocycles. The minimum atomic E-state index is -4.78. The number of aromatic nitrogens is 1. The summed E-state index contributed by atoms with van der Waals surface area (Å²) in [7, 11) is 0. The maximum Gasteiger partial charge on any atom is 0.573 e. The largest absolute Gasteiger partial charge is 0.573 e. The smallest absolute Gasteiger partial charge is 0.406 e. The molecule has 0 unspecified atom stereocenters. The van der Waals surface area contributed by atoms with Crippen LogP contribution >= 0.6 is 0 Å². The second kappa shape index (κ2) is 8.62. The Hall–Kier alpha value is -4.06. The lowest BCUT2D eigenvalue weighted by molar-refractivity contribution is -0.274. The number of rotatable bonds is 3. The second-order valence-corrected chi connectivity index (χ2v) is 8.85. The normalized spacial score (nSPS) is 19.0. The number of piperidine rings is 1. The van der Waals surface area contributed by atoms with Crippen molar-refractivity contribution in [2.24, 2.45) is 5.92 Å². The Morgan fingerprint density at radius 1 is 0.971 bits per heavy atom. The summed E-state index contributed by atoms with van der Waals surface area (Å²) in [5.41, 5.74) is 3.03. The lowest BCUT2D eigenvalue weighted by Gasteiger charge is -2.43. The molecular weight excluding hydrogens is 459 g/mol. The molecule has 1 amide bonds. The highest BCUT2D eigenvalue weighted by Crippen LogP contribution is 2.40. The molecule has 0 saturated carbocycles. The van der Waals surface area contributed by atoms with E-state index in [1.54, 1.807) is 39.8 Å². The van der Waals surface area contributed by atoms with Crippen LogP contribution in [0.15, 0.2) is 65.5 Å². The molecule has 35 heavy (non-hydrogen) atoms. The predicted octanol–water partition coefficient (Wildman–Crippen LogP) is 4.55. The van der Waals surface area contributed by atoms with E-state index >= 15 is 0 Å². The molecule has 2 aliphatic rings. The lowest BCUT2D eigenvalue weighted by atomic mass is 9.80. The molecule has 0 spiro atoms.